The number of benzene rings is 1. The maximum Gasteiger partial charge on any atom is 0.298 e. The second-order valence-corrected chi connectivity index (χ2v) is 5.37. The standard InChI is InChI=1S/C17H22N2O3/c1-18(13-16(20)14-19-9-11-22-12-10-19)17(21)8-7-15-5-3-2-4-6-15/h2-6,16,20H,9-14H2,1H3/t16-/m1/s1. The van der Waals surface area contributed by atoms with E-state index in [-0.39, 0.29) is 12.5 Å². The Morgan fingerprint density at radius 3 is 2.73 bits per heavy atom. The number of nitrogens with zero attached hydrogens (tertiary/aromatic N) is 2. The number of carbonyl (C=O) groups is 1. The summed E-state index contributed by atoms with van der Waals surface area (Å²) in [5, 5.41) is 10.1. The highest BCUT2D eigenvalue weighted by Gasteiger charge is 2.17. The SMILES string of the molecule is CN(C[C@@H](O)CN1CCOCC1)C(=O)C#Cc1ccccc1. The van der Waals surface area contributed by atoms with Crippen molar-refractivity contribution in [3.63, 3.8) is 0 Å². The van der Waals surface area contributed by atoms with Gasteiger partial charge in [0, 0.05) is 44.7 Å². The van der Waals surface area contributed by atoms with E-state index in [1.807, 2.05) is 30.3 Å². The molecule has 1 saturated heterocycles. The minimum Gasteiger partial charge on any atom is -0.390 e. The topological polar surface area (TPSA) is 53.0 Å². The maximum atomic E-state index is 12.0. The lowest BCUT2D eigenvalue weighted by molar-refractivity contribution is -0.125. The summed E-state index contributed by atoms with van der Waals surface area (Å²) < 4.78 is 5.27. The number of likely N-dealkylation sites (N-methyl/N-ethyl adjacent to an activating group) is 1. The van der Waals surface area contributed by atoms with Crippen LogP contribution in [0.25, 0.3) is 0 Å². The van der Waals surface area contributed by atoms with E-state index in [0.717, 1.165) is 18.7 Å². The molecule has 1 aromatic rings. The summed E-state index contributed by atoms with van der Waals surface area (Å²) >= 11 is 0. The lowest BCUT2D eigenvalue weighted by Gasteiger charge is -2.29. The first-order valence-electron chi connectivity index (χ1n) is 7.45. The van der Waals surface area contributed by atoms with Crippen molar-refractivity contribution in [2.24, 2.45) is 0 Å². The summed E-state index contributed by atoms with van der Waals surface area (Å²) in [6, 6.07) is 9.37. The van der Waals surface area contributed by atoms with Gasteiger partial charge in [0.25, 0.3) is 5.91 Å². The van der Waals surface area contributed by atoms with Crippen LogP contribution in [0.15, 0.2) is 30.3 Å². The molecule has 5 heteroatoms. The van der Waals surface area contributed by atoms with Crippen LogP contribution in [0.3, 0.4) is 0 Å². The Morgan fingerprint density at radius 1 is 1.36 bits per heavy atom. The number of β-amino-alcohol motifs (C(OH)–C–C–N with tert-alkyl or cyclic N) is 1. The van der Waals surface area contributed by atoms with Crippen LogP contribution in [0.1, 0.15) is 5.56 Å². The van der Waals surface area contributed by atoms with Crippen LogP contribution in [0, 0.1) is 11.8 Å². The molecule has 0 spiro atoms. The monoisotopic (exact) mass is 302 g/mol. The Hall–Kier alpha value is -1.87. The van der Waals surface area contributed by atoms with Gasteiger partial charge < -0.3 is 14.7 Å². The maximum absolute atomic E-state index is 12.0. The van der Waals surface area contributed by atoms with Gasteiger partial charge in [0.1, 0.15) is 0 Å². The number of hydrogen-bond donors (Lipinski definition) is 1. The number of hydrogen-bond acceptors (Lipinski definition) is 4. The van der Waals surface area contributed by atoms with Crippen molar-refractivity contribution in [3.05, 3.63) is 35.9 Å². The highest BCUT2D eigenvalue weighted by molar-refractivity contribution is 5.93. The predicted octanol–water partition coefficient (Wildman–Crippen LogP) is 0.190. The largest absolute Gasteiger partial charge is 0.390 e. The van der Waals surface area contributed by atoms with Crippen LogP contribution in [0.4, 0.5) is 0 Å². The Morgan fingerprint density at radius 2 is 2.05 bits per heavy atom. The minimum absolute atomic E-state index is 0.277. The van der Waals surface area contributed by atoms with Crippen molar-refractivity contribution in [3.8, 4) is 11.8 Å². The first-order chi connectivity index (χ1) is 10.6. The van der Waals surface area contributed by atoms with Gasteiger partial charge in [-0.05, 0) is 12.1 Å². The Balaban J connectivity index is 1.79. The molecule has 0 saturated carbocycles. The molecule has 1 fully saturated rings. The van der Waals surface area contributed by atoms with Gasteiger partial charge in [-0.25, -0.2) is 0 Å². The van der Waals surface area contributed by atoms with Crippen molar-refractivity contribution >= 4 is 5.91 Å². The summed E-state index contributed by atoms with van der Waals surface area (Å²) in [4.78, 5) is 15.6. The predicted molar refractivity (Wildman–Crippen MR) is 84.2 cm³/mol. The average molecular weight is 302 g/mol. The van der Waals surface area contributed by atoms with Crippen molar-refractivity contribution in [2.45, 2.75) is 6.10 Å². The third-order valence-electron chi connectivity index (χ3n) is 3.49. The quantitative estimate of drug-likeness (QED) is 0.807. The van der Waals surface area contributed by atoms with Crippen molar-refractivity contribution < 1.29 is 14.6 Å². The van der Waals surface area contributed by atoms with E-state index in [4.69, 9.17) is 4.74 Å². The molecule has 0 bridgehead atoms. The Bertz CT molecular complexity index is 530. The van der Waals surface area contributed by atoms with Gasteiger partial charge in [0.05, 0.1) is 19.3 Å². The first kappa shape index (κ1) is 16.5. The third kappa shape index (κ3) is 5.49. The van der Waals surface area contributed by atoms with Gasteiger partial charge in [0.2, 0.25) is 0 Å². The molecule has 1 aliphatic heterocycles. The molecule has 2 rings (SSSR count). The lowest BCUT2D eigenvalue weighted by atomic mass is 10.2. The number of rotatable bonds is 4. The van der Waals surface area contributed by atoms with Crippen LogP contribution in [-0.2, 0) is 9.53 Å². The summed E-state index contributed by atoms with van der Waals surface area (Å²) in [5.74, 6) is 5.14. The molecule has 1 amide bonds. The van der Waals surface area contributed by atoms with Gasteiger partial charge in [-0.15, -0.1) is 0 Å². The average Bonchev–Trinajstić information content (AvgIpc) is 2.54. The van der Waals surface area contributed by atoms with Crippen molar-refractivity contribution in [1.29, 1.82) is 0 Å². The van der Waals surface area contributed by atoms with E-state index in [0.29, 0.717) is 19.8 Å². The Kier molecular flexibility index (Phi) is 6.41. The van der Waals surface area contributed by atoms with E-state index in [1.54, 1.807) is 7.05 Å². The fourth-order valence-electron chi connectivity index (χ4n) is 2.28. The molecule has 0 aliphatic carbocycles. The number of aliphatic hydroxyl groups is 1. The first-order valence-corrected chi connectivity index (χ1v) is 7.45. The highest BCUT2D eigenvalue weighted by atomic mass is 16.5. The molecule has 1 aromatic carbocycles. The van der Waals surface area contributed by atoms with Crippen LogP contribution < -0.4 is 0 Å². The number of carbonyl (C=O) groups excluding carboxylic acids is 1. The number of ether oxygens (including phenoxy) is 1. The molecule has 22 heavy (non-hydrogen) atoms. The van der Waals surface area contributed by atoms with Crippen LogP contribution in [-0.4, -0.2) is 73.4 Å². The second kappa shape index (κ2) is 8.54. The third-order valence-corrected chi connectivity index (χ3v) is 3.49. The zero-order valence-corrected chi connectivity index (χ0v) is 12.9. The fourth-order valence-corrected chi connectivity index (χ4v) is 2.28. The molecule has 0 radical (unpaired) electrons. The molecule has 5 nitrogen and oxygen atoms in total. The lowest BCUT2D eigenvalue weighted by Crippen LogP contribution is -2.44. The zero-order chi connectivity index (χ0) is 15.8. The summed E-state index contributed by atoms with van der Waals surface area (Å²) in [6.45, 7) is 3.87. The number of morpholine rings is 1. The van der Waals surface area contributed by atoms with Crippen LogP contribution >= 0.6 is 0 Å². The van der Waals surface area contributed by atoms with Gasteiger partial charge >= 0.3 is 0 Å². The van der Waals surface area contributed by atoms with Crippen molar-refractivity contribution in [2.75, 3.05) is 46.4 Å². The fraction of sp³-hybridized carbons (Fsp3) is 0.471. The van der Waals surface area contributed by atoms with E-state index < -0.39 is 6.10 Å². The Labute approximate surface area is 131 Å². The van der Waals surface area contributed by atoms with Gasteiger partial charge in [-0.2, -0.15) is 0 Å². The van der Waals surface area contributed by atoms with E-state index in [2.05, 4.69) is 16.7 Å². The number of aliphatic hydroxyl groups excluding tert-OH is 1. The van der Waals surface area contributed by atoms with Gasteiger partial charge in [-0.3, -0.25) is 9.69 Å². The molecule has 0 unspecified atom stereocenters. The molecular weight excluding hydrogens is 280 g/mol. The van der Waals surface area contributed by atoms with Crippen molar-refractivity contribution in [1.82, 2.24) is 9.80 Å². The van der Waals surface area contributed by atoms with Crippen LogP contribution in [0.2, 0.25) is 0 Å². The van der Waals surface area contributed by atoms with Gasteiger partial charge in [-0.1, -0.05) is 24.1 Å². The summed E-state index contributed by atoms with van der Waals surface area (Å²) in [7, 11) is 1.66. The zero-order valence-electron chi connectivity index (χ0n) is 12.9. The highest BCUT2D eigenvalue weighted by Crippen LogP contribution is 2.00. The molecule has 1 N–H and O–H groups in total. The minimum atomic E-state index is -0.578. The molecule has 0 aromatic heterocycles. The molecule has 1 heterocycles. The summed E-state index contributed by atoms with van der Waals surface area (Å²) in [5.41, 5.74) is 0.804. The number of amides is 1. The molecule has 118 valence electrons. The molecular formula is C17H22N2O3. The second-order valence-electron chi connectivity index (χ2n) is 5.37. The van der Waals surface area contributed by atoms with Crippen LogP contribution in [0.5, 0.6) is 0 Å². The van der Waals surface area contributed by atoms with E-state index in [1.165, 1.54) is 4.90 Å². The van der Waals surface area contributed by atoms with Gasteiger partial charge in [0.15, 0.2) is 0 Å². The molecule has 1 atom stereocenters. The molecule has 1 aliphatic rings. The van der Waals surface area contributed by atoms with E-state index in [9.17, 15) is 9.90 Å². The smallest absolute Gasteiger partial charge is 0.298 e. The normalized spacial score (nSPS) is 16.5. The van der Waals surface area contributed by atoms with E-state index >= 15 is 0 Å². The summed E-state index contributed by atoms with van der Waals surface area (Å²) in [6.07, 6.45) is -0.578.